The molecular weight excluding hydrogens is 262 g/mol. The summed E-state index contributed by atoms with van der Waals surface area (Å²) in [5.74, 6) is 0.0148. The van der Waals surface area contributed by atoms with E-state index in [-0.39, 0.29) is 5.91 Å². The molecule has 0 saturated carbocycles. The van der Waals surface area contributed by atoms with Crippen molar-refractivity contribution in [3.8, 4) is 0 Å². The average molecular weight is 291 g/mol. The van der Waals surface area contributed by atoms with E-state index >= 15 is 0 Å². The van der Waals surface area contributed by atoms with Crippen LogP contribution in [0.25, 0.3) is 0 Å². The van der Waals surface area contributed by atoms with Crippen LogP contribution in [0, 0.1) is 0 Å². The summed E-state index contributed by atoms with van der Waals surface area (Å²) < 4.78 is 0. The largest absolute Gasteiger partial charge is 0.352 e. The number of hydrogen-bond acceptors (Lipinski definition) is 3. The number of unbranched alkanes of at least 4 members (excludes halogenated alkanes) is 1. The van der Waals surface area contributed by atoms with Crippen LogP contribution >= 0.6 is 0 Å². The first-order chi connectivity index (χ1) is 10.2. The second-order valence-electron chi connectivity index (χ2n) is 5.36. The Morgan fingerprint density at radius 2 is 2.05 bits per heavy atom. The lowest BCUT2D eigenvalue weighted by atomic mass is 10.1. The molecule has 0 bridgehead atoms. The Morgan fingerprint density at radius 1 is 1.29 bits per heavy atom. The van der Waals surface area contributed by atoms with E-state index in [1.54, 1.807) is 0 Å². The maximum Gasteiger partial charge on any atom is 0.221 e. The standard InChI is InChI=1S/C17H29N3O/c1-3-5-11-20(4-2)14-16-8-6-7-15(12-16)13-19-17(21)9-10-18/h6-8,12H,3-5,9-11,13-14,18H2,1-2H3,(H,19,21). The molecule has 0 atom stereocenters. The highest BCUT2D eigenvalue weighted by molar-refractivity contribution is 5.76. The smallest absolute Gasteiger partial charge is 0.221 e. The first kappa shape index (κ1) is 17.7. The van der Waals surface area contributed by atoms with E-state index in [9.17, 15) is 4.79 Å². The first-order valence-corrected chi connectivity index (χ1v) is 7.96. The Kier molecular flexibility index (Phi) is 8.71. The molecule has 0 spiro atoms. The van der Waals surface area contributed by atoms with Crippen LogP contribution in [-0.2, 0) is 17.9 Å². The van der Waals surface area contributed by atoms with Crippen molar-refractivity contribution in [2.45, 2.75) is 46.2 Å². The summed E-state index contributed by atoms with van der Waals surface area (Å²) in [6.07, 6.45) is 2.85. The molecule has 1 rings (SSSR count). The van der Waals surface area contributed by atoms with E-state index < -0.39 is 0 Å². The van der Waals surface area contributed by atoms with Gasteiger partial charge in [0.15, 0.2) is 0 Å². The van der Waals surface area contributed by atoms with Gasteiger partial charge in [-0.15, -0.1) is 0 Å². The number of rotatable bonds is 10. The van der Waals surface area contributed by atoms with Crippen LogP contribution in [0.4, 0.5) is 0 Å². The number of carbonyl (C=O) groups is 1. The molecule has 1 aromatic carbocycles. The second-order valence-corrected chi connectivity index (χ2v) is 5.36. The lowest BCUT2D eigenvalue weighted by molar-refractivity contribution is -0.121. The SMILES string of the molecule is CCCCN(CC)Cc1cccc(CNC(=O)CCN)c1. The lowest BCUT2D eigenvalue weighted by Gasteiger charge is -2.20. The molecule has 21 heavy (non-hydrogen) atoms. The zero-order valence-corrected chi connectivity index (χ0v) is 13.4. The highest BCUT2D eigenvalue weighted by Gasteiger charge is 2.05. The van der Waals surface area contributed by atoms with Gasteiger partial charge in [-0.2, -0.15) is 0 Å². The molecule has 0 saturated heterocycles. The zero-order chi connectivity index (χ0) is 15.5. The molecule has 4 nitrogen and oxygen atoms in total. The summed E-state index contributed by atoms with van der Waals surface area (Å²) in [4.78, 5) is 13.9. The van der Waals surface area contributed by atoms with E-state index in [4.69, 9.17) is 5.73 Å². The molecule has 118 valence electrons. The molecule has 1 aromatic rings. The fourth-order valence-electron chi connectivity index (χ4n) is 2.25. The summed E-state index contributed by atoms with van der Waals surface area (Å²) in [5, 5.41) is 2.90. The van der Waals surface area contributed by atoms with Crippen LogP contribution in [0.15, 0.2) is 24.3 Å². The molecule has 4 heteroatoms. The molecule has 0 heterocycles. The van der Waals surface area contributed by atoms with Gasteiger partial charge in [-0.1, -0.05) is 44.5 Å². The van der Waals surface area contributed by atoms with Crippen LogP contribution in [0.1, 0.15) is 44.2 Å². The van der Waals surface area contributed by atoms with E-state index in [0.29, 0.717) is 19.5 Å². The predicted octanol–water partition coefficient (Wildman–Crippen LogP) is 2.27. The number of hydrogen-bond donors (Lipinski definition) is 2. The first-order valence-electron chi connectivity index (χ1n) is 7.96. The van der Waals surface area contributed by atoms with Gasteiger partial charge in [0.1, 0.15) is 0 Å². The minimum atomic E-state index is 0.0148. The second kappa shape index (κ2) is 10.4. The van der Waals surface area contributed by atoms with Gasteiger partial charge >= 0.3 is 0 Å². The molecule has 0 aliphatic carbocycles. The number of benzene rings is 1. The molecule has 1 amide bonds. The number of nitrogens with zero attached hydrogens (tertiary/aromatic N) is 1. The maximum atomic E-state index is 11.4. The Bertz CT molecular complexity index is 420. The van der Waals surface area contributed by atoms with E-state index in [1.807, 2.05) is 0 Å². The van der Waals surface area contributed by atoms with Gasteiger partial charge in [0, 0.05) is 26.1 Å². The Morgan fingerprint density at radius 3 is 2.71 bits per heavy atom. The van der Waals surface area contributed by atoms with E-state index in [2.05, 4.69) is 48.3 Å². The van der Waals surface area contributed by atoms with Crippen molar-refractivity contribution < 1.29 is 4.79 Å². The molecule has 0 aliphatic heterocycles. The average Bonchev–Trinajstić information content (AvgIpc) is 2.50. The summed E-state index contributed by atoms with van der Waals surface area (Å²) in [6, 6.07) is 8.44. The van der Waals surface area contributed by atoms with Gasteiger partial charge in [-0.3, -0.25) is 9.69 Å². The number of nitrogens with one attached hydrogen (secondary N) is 1. The maximum absolute atomic E-state index is 11.4. The lowest BCUT2D eigenvalue weighted by Crippen LogP contribution is -2.25. The minimum Gasteiger partial charge on any atom is -0.352 e. The fourth-order valence-corrected chi connectivity index (χ4v) is 2.25. The zero-order valence-electron chi connectivity index (χ0n) is 13.4. The van der Waals surface area contributed by atoms with Gasteiger partial charge in [0.05, 0.1) is 0 Å². The van der Waals surface area contributed by atoms with Crippen LogP contribution in [-0.4, -0.2) is 30.4 Å². The van der Waals surface area contributed by atoms with Crippen molar-refractivity contribution in [2.75, 3.05) is 19.6 Å². The normalized spacial score (nSPS) is 10.9. The van der Waals surface area contributed by atoms with Crippen molar-refractivity contribution in [1.82, 2.24) is 10.2 Å². The predicted molar refractivity (Wildman–Crippen MR) is 87.8 cm³/mol. The third kappa shape index (κ3) is 7.25. The van der Waals surface area contributed by atoms with Gasteiger partial charge < -0.3 is 11.1 Å². The van der Waals surface area contributed by atoms with Gasteiger partial charge in [0.2, 0.25) is 5.91 Å². The topological polar surface area (TPSA) is 58.4 Å². The summed E-state index contributed by atoms with van der Waals surface area (Å²) in [6.45, 7) is 8.58. The third-order valence-corrected chi connectivity index (χ3v) is 3.53. The van der Waals surface area contributed by atoms with Crippen LogP contribution < -0.4 is 11.1 Å². The van der Waals surface area contributed by atoms with Crippen molar-refractivity contribution in [1.29, 1.82) is 0 Å². The molecular formula is C17H29N3O. The quantitative estimate of drug-likeness (QED) is 0.695. The number of amides is 1. The number of carbonyl (C=O) groups excluding carboxylic acids is 1. The molecule has 0 aliphatic rings. The van der Waals surface area contributed by atoms with E-state index in [1.165, 1.54) is 18.4 Å². The third-order valence-electron chi connectivity index (χ3n) is 3.53. The Hall–Kier alpha value is -1.39. The monoisotopic (exact) mass is 291 g/mol. The summed E-state index contributed by atoms with van der Waals surface area (Å²) in [5.41, 5.74) is 7.81. The van der Waals surface area contributed by atoms with Crippen LogP contribution in [0.5, 0.6) is 0 Å². The Balaban J connectivity index is 2.52. The fraction of sp³-hybridized carbons (Fsp3) is 0.588. The van der Waals surface area contributed by atoms with Crippen molar-refractivity contribution in [3.63, 3.8) is 0 Å². The highest BCUT2D eigenvalue weighted by Crippen LogP contribution is 2.09. The molecule has 0 aromatic heterocycles. The van der Waals surface area contributed by atoms with Crippen molar-refractivity contribution in [2.24, 2.45) is 5.73 Å². The minimum absolute atomic E-state index is 0.0148. The van der Waals surface area contributed by atoms with Crippen LogP contribution in [0.3, 0.4) is 0 Å². The molecule has 0 unspecified atom stereocenters. The molecule has 0 radical (unpaired) electrons. The number of nitrogens with two attached hydrogens (primary N) is 1. The summed E-state index contributed by atoms with van der Waals surface area (Å²) >= 11 is 0. The molecule has 0 fully saturated rings. The summed E-state index contributed by atoms with van der Waals surface area (Å²) in [7, 11) is 0. The van der Waals surface area contributed by atoms with Gasteiger partial charge in [-0.05, 0) is 30.6 Å². The van der Waals surface area contributed by atoms with Gasteiger partial charge in [-0.25, -0.2) is 0 Å². The van der Waals surface area contributed by atoms with E-state index in [0.717, 1.165) is 25.2 Å². The highest BCUT2D eigenvalue weighted by atomic mass is 16.1. The van der Waals surface area contributed by atoms with Crippen LogP contribution in [0.2, 0.25) is 0 Å². The van der Waals surface area contributed by atoms with Crippen molar-refractivity contribution in [3.05, 3.63) is 35.4 Å². The molecule has 3 N–H and O–H groups in total. The Labute approximate surface area is 128 Å². The van der Waals surface area contributed by atoms with Crippen molar-refractivity contribution >= 4 is 5.91 Å². The van der Waals surface area contributed by atoms with Gasteiger partial charge in [0.25, 0.3) is 0 Å².